The number of likely N-dealkylation sites (N-methyl/N-ethyl adjacent to an activating group) is 1. The number of rotatable bonds is 4. The van der Waals surface area contributed by atoms with Crippen LogP contribution in [0.3, 0.4) is 0 Å². The summed E-state index contributed by atoms with van der Waals surface area (Å²) in [6.07, 6.45) is 3.45. The summed E-state index contributed by atoms with van der Waals surface area (Å²) in [4.78, 5) is 2.27. The average molecular weight is 201 g/mol. The molecule has 0 spiro atoms. The minimum atomic E-state index is -0.184. The van der Waals surface area contributed by atoms with Gasteiger partial charge in [-0.05, 0) is 19.9 Å². The van der Waals surface area contributed by atoms with E-state index in [0.29, 0.717) is 6.04 Å². The molecule has 1 saturated heterocycles. The Morgan fingerprint density at radius 1 is 1.77 bits per heavy atom. The lowest BCUT2D eigenvalue weighted by molar-refractivity contribution is 0.0703. The van der Waals surface area contributed by atoms with Gasteiger partial charge in [-0.1, -0.05) is 6.08 Å². The van der Waals surface area contributed by atoms with E-state index in [4.69, 9.17) is 0 Å². The van der Waals surface area contributed by atoms with Crippen LogP contribution in [-0.4, -0.2) is 47.3 Å². The quantitative estimate of drug-likeness (QED) is 0.695. The Hall–Kier alpha value is 0.01000. The summed E-state index contributed by atoms with van der Waals surface area (Å²) in [6, 6.07) is 0.346. The molecule has 1 N–H and O–H groups in total. The highest BCUT2D eigenvalue weighted by molar-refractivity contribution is 7.99. The van der Waals surface area contributed by atoms with Crippen molar-refractivity contribution in [3.8, 4) is 0 Å². The second kappa shape index (κ2) is 5.68. The summed E-state index contributed by atoms with van der Waals surface area (Å²) in [5.74, 6) is 2.26. The highest BCUT2D eigenvalue weighted by Crippen LogP contribution is 2.19. The number of aliphatic hydroxyl groups excluding tert-OH is 1. The third-order valence-corrected chi connectivity index (χ3v) is 3.60. The van der Waals surface area contributed by atoms with Gasteiger partial charge in [0, 0.05) is 24.1 Å². The minimum absolute atomic E-state index is 0.184. The van der Waals surface area contributed by atoms with Crippen LogP contribution in [-0.2, 0) is 0 Å². The van der Waals surface area contributed by atoms with Crippen molar-refractivity contribution in [2.45, 2.75) is 25.0 Å². The summed E-state index contributed by atoms with van der Waals surface area (Å²) in [7, 11) is 2.10. The maximum Gasteiger partial charge on any atom is 0.0706 e. The van der Waals surface area contributed by atoms with Crippen LogP contribution >= 0.6 is 11.8 Å². The Kier molecular flexibility index (Phi) is 4.84. The average Bonchev–Trinajstić information content (AvgIpc) is 2.15. The largest absolute Gasteiger partial charge is 0.391 e. The molecule has 2 atom stereocenters. The fourth-order valence-corrected chi connectivity index (χ4v) is 2.89. The Balaban J connectivity index is 2.34. The van der Waals surface area contributed by atoms with E-state index in [1.807, 2.05) is 17.8 Å². The lowest BCUT2D eigenvalue weighted by atomic mass is 10.1. The molecular formula is C10H19NOS. The molecular weight excluding hydrogens is 182 g/mol. The molecule has 0 bridgehead atoms. The third-order valence-electron chi connectivity index (χ3n) is 2.55. The van der Waals surface area contributed by atoms with Crippen molar-refractivity contribution >= 4 is 11.8 Å². The maximum atomic E-state index is 9.87. The van der Waals surface area contributed by atoms with Gasteiger partial charge >= 0.3 is 0 Å². The standard InChI is InChI=1S/C10H19NOS/c1-3-4-5-10(12)9-8-13-7-6-11(9)2/h3,9-10,12H,1,4-8H2,2H3. The third kappa shape index (κ3) is 3.33. The first-order valence-corrected chi connectivity index (χ1v) is 5.98. The summed E-state index contributed by atoms with van der Waals surface area (Å²) in [5.41, 5.74) is 0. The minimum Gasteiger partial charge on any atom is -0.391 e. The zero-order chi connectivity index (χ0) is 9.68. The van der Waals surface area contributed by atoms with Crippen molar-refractivity contribution in [3.05, 3.63) is 12.7 Å². The molecule has 0 aromatic carbocycles. The van der Waals surface area contributed by atoms with Crippen LogP contribution in [0.5, 0.6) is 0 Å². The lowest BCUT2D eigenvalue weighted by Gasteiger charge is -2.35. The normalized spacial score (nSPS) is 27.1. The number of aliphatic hydroxyl groups is 1. The van der Waals surface area contributed by atoms with E-state index in [0.717, 1.165) is 25.1 Å². The molecule has 0 aromatic heterocycles. The molecule has 0 saturated carbocycles. The highest BCUT2D eigenvalue weighted by Gasteiger charge is 2.25. The molecule has 2 unspecified atom stereocenters. The van der Waals surface area contributed by atoms with E-state index in [-0.39, 0.29) is 6.10 Å². The number of thioether (sulfide) groups is 1. The first kappa shape index (κ1) is 11.1. The maximum absolute atomic E-state index is 9.87. The SMILES string of the molecule is C=CCCC(O)C1CSCCN1C. The van der Waals surface area contributed by atoms with Crippen LogP contribution in [0.25, 0.3) is 0 Å². The first-order chi connectivity index (χ1) is 6.25. The van der Waals surface area contributed by atoms with Crippen LogP contribution < -0.4 is 0 Å². The number of hydrogen-bond acceptors (Lipinski definition) is 3. The Labute approximate surface area is 85.0 Å². The van der Waals surface area contributed by atoms with Crippen LogP contribution in [0.15, 0.2) is 12.7 Å². The smallest absolute Gasteiger partial charge is 0.0706 e. The van der Waals surface area contributed by atoms with Gasteiger partial charge in [0.25, 0.3) is 0 Å². The van der Waals surface area contributed by atoms with Gasteiger partial charge in [0.2, 0.25) is 0 Å². The van der Waals surface area contributed by atoms with E-state index < -0.39 is 0 Å². The van der Waals surface area contributed by atoms with E-state index in [1.54, 1.807) is 0 Å². The van der Waals surface area contributed by atoms with Crippen LogP contribution in [0.1, 0.15) is 12.8 Å². The van der Waals surface area contributed by atoms with Gasteiger partial charge in [-0.3, -0.25) is 4.90 Å². The van der Waals surface area contributed by atoms with Crippen molar-refractivity contribution in [1.82, 2.24) is 4.90 Å². The molecule has 0 aromatic rings. The molecule has 0 amide bonds. The van der Waals surface area contributed by atoms with E-state index in [2.05, 4.69) is 18.5 Å². The molecule has 1 aliphatic rings. The fraction of sp³-hybridized carbons (Fsp3) is 0.800. The van der Waals surface area contributed by atoms with Crippen molar-refractivity contribution in [1.29, 1.82) is 0 Å². The molecule has 0 radical (unpaired) electrons. The number of allylic oxidation sites excluding steroid dienone is 1. The van der Waals surface area contributed by atoms with Gasteiger partial charge in [0.1, 0.15) is 0 Å². The van der Waals surface area contributed by atoms with Crippen molar-refractivity contribution < 1.29 is 5.11 Å². The van der Waals surface area contributed by atoms with Gasteiger partial charge in [-0.25, -0.2) is 0 Å². The second-order valence-electron chi connectivity index (χ2n) is 3.56. The van der Waals surface area contributed by atoms with Gasteiger partial charge in [0.15, 0.2) is 0 Å². The molecule has 1 heterocycles. The molecule has 13 heavy (non-hydrogen) atoms. The lowest BCUT2D eigenvalue weighted by Crippen LogP contribution is -2.46. The zero-order valence-electron chi connectivity index (χ0n) is 8.28. The van der Waals surface area contributed by atoms with Gasteiger partial charge in [-0.2, -0.15) is 11.8 Å². The predicted molar refractivity (Wildman–Crippen MR) is 59.2 cm³/mol. The topological polar surface area (TPSA) is 23.5 Å². The molecule has 76 valence electrons. The Morgan fingerprint density at radius 3 is 3.15 bits per heavy atom. The fourth-order valence-electron chi connectivity index (χ4n) is 1.59. The summed E-state index contributed by atoms with van der Waals surface area (Å²) >= 11 is 1.94. The second-order valence-corrected chi connectivity index (χ2v) is 4.71. The van der Waals surface area contributed by atoms with Crippen LogP contribution in [0.2, 0.25) is 0 Å². The Bertz CT molecular complexity index is 163. The summed E-state index contributed by atoms with van der Waals surface area (Å²) in [5, 5.41) is 9.87. The number of hydrogen-bond donors (Lipinski definition) is 1. The van der Waals surface area contributed by atoms with Crippen molar-refractivity contribution in [3.63, 3.8) is 0 Å². The molecule has 1 fully saturated rings. The van der Waals surface area contributed by atoms with Crippen molar-refractivity contribution in [2.75, 3.05) is 25.1 Å². The van der Waals surface area contributed by atoms with Crippen molar-refractivity contribution in [2.24, 2.45) is 0 Å². The van der Waals surface area contributed by atoms with Crippen LogP contribution in [0, 0.1) is 0 Å². The predicted octanol–water partition coefficient (Wildman–Crippen LogP) is 1.36. The monoisotopic (exact) mass is 201 g/mol. The number of nitrogens with zero attached hydrogens (tertiary/aromatic N) is 1. The molecule has 0 aliphatic carbocycles. The van der Waals surface area contributed by atoms with Gasteiger partial charge < -0.3 is 5.11 Å². The molecule has 1 aliphatic heterocycles. The molecule has 3 heteroatoms. The van der Waals surface area contributed by atoms with Gasteiger partial charge in [-0.15, -0.1) is 6.58 Å². The van der Waals surface area contributed by atoms with Gasteiger partial charge in [0.05, 0.1) is 6.10 Å². The van der Waals surface area contributed by atoms with E-state index >= 15 is 0 Å². The van der Waals surface area contributed by atoms with E-state index in [1.165, 1.54) is 5.75 Å². The van der Waals surface area contributed by atoms with Crippen LogP contribution in [0.4, 0.5) is 0 Å². The molecule has 2 nitrogen and oxygen atoms in total. The highest BCUT2D eigenvalue weighted by atomic mass is 32.2. The van der Waals surface area contributed by atoms with E-state index in [9.17, 15) is 5.11 Å². The first-order valence-electron chi connectivity index (χ1n) is 4.82. The Morgan fingerprint density at radius 2 is 2.54 bits per heavy atom. The zero-order valence-corrected chi connectivity index (χ0v) is 9.09. The summed E-state index contributed by atoms with van der Waals surface area (Å²) in [6.45, 7) is 4.76. The molecule has 1 rings (SSSR count). The summed E-state index contributed by atoms with van der Waals surface area (Å²) < 4.78 is 0.